The van der Waals surface area contributed by atoms with E-state index in [0.717, 1.165) is 25.2 Å². The molecule has 0 radical (unpaired) electrons. The molecule has 3 aromatic rings. The normalized spacial score (nSPS) is 17.1. The number of carbonyl (C=O) groups excluding carboxylic acids is 2. The van der Waals surface area contributed by atoms with Gasteiger partial charge in [0, 0.05) is 36.0 Å². The van der Waals surface area contributed by atoms with E-state index < -0.39 is 0 Å². The Balaban J connectivity index is 1.31. The molecule has 3 aromatic carbocycles. The average molecular weight is 546 g/mol. The van der Waals surface area contributed by atoms with Gasteiger partial charge in [0.25, 0.3) is 0 Å². The van der Waals surface area contributed by atoms with Crippen molar-refractivity contribution in [2.75, 3.05) is 25.5 Å². The largest absolute Gasteiger partial charge is 0.478 e. The quantitative estimate of drug-likeness (QED) is 0.260. The Morgan fingerprint density at radius 2 is 1.61 bits per heavy atom. The van der Waals surface area contributed by atoms with Gasteiger partial charge in [0.2, 0.25) is 0 Å². The van der Waals surface area contributed by atoms with E-state index in [-0.39, 0.29) is 23.1 Å². The SMILES string of the molecule is CN(CCCNc1cc2c(c3c1C(=O)c1ccccc1C3=O)N=C1C=CC(C(C)(C)C)=CC1O2)Cc1ccccc1. The molecule has 208 valence electrons. The van der Waals surface area contributed by atoms with Crippen molar-refractivity contribution in [3.05, 3.63) is 112 Å². The first-order valence-corrected chi connectivity index (χ1v) is 14.2. The molecule has 1 atom stereocenters. The summed E-state index contributed by atoms with van der Waals surface area (Å²) >= 11 is 0. The smallest absolute Gasteiger partial charge is 0.196 e. The zero-order valence-electron chi connectivity index (χ0n) is 24.0. The van der Waals surface area contributed by atoms with Crippen molar-refractivity contribution in [1.29, 1.82) is 0 Å². The molecular weight excluding hydrogens is 510 g/mol. The number of aliphatic imine (C=N–C) groups is 1. The van der Waals surface area contributed by atoms with Crippen molar-refractivity contribution in [3.63, 3.8) is 0 Å². The zero-order chi connectivity index (χ0) is 28.7. The van der Waals surface area contributed by atoms with Gasteiger partial charge in [-0.05, 0) is 48.7 Å². The number of ketones is 2. The summed E-state index contributed by atoms with van der Waals surface area (Å²) in [7, 11) is 2.11. The molecule has 0 saturated heterocycles. The molecule has 1 aliphatic heterocycles. The van der Waals surface area contributed by atoms with Gasteiger partial charge in [0.05, 0.1) is 16.8 Å². The van der Waals surface area contributed by atoms with E-state index in [9.17, 15) is 9.59 Å². The lowest BCUT2D eigenvalue weighted by atomic mass is 9.81. The number of anilines is 1. The molecule has 6 rings (SSSR count). The molecule has 6 heteroatoms. The van der Waals surface area contributed by atoms with Crippen LogP contribution in [0.15, 0.2) is 89.5 Å². The van der Waals surface area contributed by atoms with E-state index in [4.69, 9.17) is 9.73 Å². The van der Waals surface area contributed by atoms with Crippen LogP contribution in [0.3, 0.4) is 0 Å². The first kappa shape index (κ1) is 26.9. The fourth-order valence-electron chi connectivity index (χ4n) is 5.67. The van der Waals surface area contributed by atoms with Gasteiger partial charge < -0.3 is 15.0 Å². The van der Waals surface area contributed by atoms with Crippen LogP contribution in [0, 0.1) is 5.41 Å². The minimum absolute atomic E-state index is 0.0337. The van der Waals surface area contributed by atoms with Crippen molar-refractivity contribution < 1.29 is 14.3 Å². The number of nitrogens with zero attached hydrogens (tertiary/aromatic N) is 2. The van der Waals surface area contributed by atoms with Crippen LogP contribution in [0.1, 0.15) is 64.6 Å². The Kier molecular flexibility index (Phi) is 6.96. The van der Waals surface area contributed by atoms with Crippen molar-refractivity contribution in [2.24, 2.45) is 10.4 Å². The summed E-state index contributed by atoms with van der Waals surface area (Å²) in [6.45, 7) is 8.89. The van der Waals surface area contributed by atoms with Crippen LogP contribution in [0.25, 0.3) is 0 Å². The highest BCUT2D eigenvalue weighted by Gasteiger charge is 2.38. The van der Waals surface area contributed by atoms with Crippen molar-refractivity contribution >= 4 is 28.7 Å². The summed E-state index contributed by atoms with van der Waals surface area (Å²) in [6, 6.07) is 19.3. The molecule has 1 unspecified atom stereocenters. The Bertz CT molecular complexity index is 1630. The third kappa shape index (κ3) is 5.16. The van der Waals surface area contributed by atoms with Crippen LogP contribution >= 0.6 is 0 Å². The number of hydrogen-bond acceptors (Lipinski definition) is 6. The minimum atomic E-state index is -0.346. The standard InChI is InChI=1S/C35H35N3O3/c1-35(2,3)23-15-16-26-28(19-23)41-29-20-27(36-17-10-18-38(4)21-22-11-6-5-7-12-22)30-31(32(29)37-26)34(40)25-14-9-8-13-24(25)33(30)39/h5-9,11-16,19-20,28,36H,10,17-18,21H2,1-4H3. The van der Waals surface area contributed by atoms with Gasteiger partial charge in [-0.1, -0.05) is 81.4 Å². The topological polar surface area (TPSA) is 71.0 Å². The summed E-state index contributed by atoms with van der Waals surface area (Å²) < 4.78 is 6.48. The van der Waals surface area contributed by atoms with Crippen LogP contribution in [-0.2, 0) is 6.54 Å². The van der Waals surface area contributed by atoms with Crippen LogP contribution < -0.4 is 10.1 Å². The first-order chi connectivity index (χ1) is 19.7. The number of hydrogen-bond donors (Lipinski definition) is 1. The zero-order valence-corrected chi connectivity index (χ0v) is 24.0. The molecule has 0 spiro atoms. The minimum Gasteiger partial charge on any atom is -0.478 e. The predicted molar refractivity (Wildman–Crippen MR) is 164 cm³/mol. The number of nitrogens with one attached hydrogen (secondary N) is 1. The Labute approximate surface area is 241 Å². The Hall–Kier alpha value is -4.29. The first-order valence-electron chi connectivity index (χ1n) is 14.2. The lowest BCUT2D eigenvalue weighted by molar-refractivity contribution is 0.0979. The number of carbonyl (C=O) groups is 2. The molecule has 1 heterocycles. The molecule has 1 N–H and O–H groups in total. The summed E-state index contributed by atoms with van der Waals surface area (Å²) in [5, 5.41) is 3.47. The van der Waals surface area contributed by atoms with E-state index in [1.54, 1.807) is 24.3 Å². The van der Waals surface area contributed by atoms with Gasteiger partial charge in [0.15, 0.2) is 17.7 Å². The van der Waals surface area contributed by atoms with Gasteiger partial charge in [0.1, 0.15) is 11.4 Å². The van der Waals surface area contributed by atoms with Crippen LogP contribution in [0.4, 0.5) is 11.4 Å². The Morgan fingerprint density at radius 3 is 2.32 bits per heavy atom. The van der Waals surface area contributed by atoms with Crippen molar-refractivity contribution in [1.82, 2.24) is 4.90 Å². The van der Waals surface area contributed by atoms with E-state index in [2.05, 4.69) is 74.5 Å². The van der Waals surface area contributed by atoms with Crippen molar-refractivity contribution in [3.8, 4) is 5.75 Å². The number of ether oxygens (including phenoxy) is 1. The molecule has 6 nitrogen and oxygen atoms in total. The fraction of sp³-hybridized carbons (Fsp3) is 0.286. The van der Waals surface area contributed by atoms with Gasteiger partial charge in [-0.3, -0.25) is 9.59 Å². The second-order valence-corrected chi connectivity index (χ2v) is 12.0. The highest BCUT2D eigenvalue weighted by molar-refractivity contribution is 6.32. The summed E-state index contributed by atoms with van der Waals surface area (Å²) in [5.41, 5.74) is 5.71. The van der Waals surface area contributed by atoms with E-state index in [0.29, 0.717) is 45.9 Å². The van der Waals surface area contributed by atoms with E-state index >= 15 is 0 Å². The molecule has 2 aliphatic carbocycles. The van der Waals surface area contributed by atoms with Gasteiger partial charge in [-0.25, -0.2) is 4.99 Å². The maximum atomic E-state index is 13.9. The monoisotopic (exact) mass is 545 g/mol. The van der Waals surface area contributed by atoms with Crippen molar-refractivity contribution in [2.45, 2.75) is 39.8 Å². The number of benzene rings is 3. The fourth-order valence-corrected chi connectivity index (χ4v) is 5.67. The second kappa shape index (κ2) is 10.6. The molecule has 0 aromatic heterocycles. The highest BCUT2D eigenvalue weighted by Crippen LogP contribution is 2.46. The third-order valence-electron chi connectivity index (χ3n) is 7.88. The molecule has 0 bridgehead atoms. The molecule has 3 aliphatic rings. The number of fused-ring (bicyclic) bond motifs is 5. The van der Waals surface area contributed by atoms with Crippen LogP contribution in [0.5, 0.6) is 5.75 Å². The van der Waals surface area contributed by atoms with E-state index in [1.807, 2.05) is 18.2 Å². The number of allylic oxidation sites excluding steroid dienone is 2. The second-order valence-electron chi connectivity index (χ2n) is 12.0. The number of rotatable bonds is 7. The highest BCUT2D eigenvalue weighted by atomic mass is 16.5. The maximum Gasteiger partial charge on any atom is 0.196 e. The summed E-state index contributed by atoms with van der Waals surface area (Å²) in [4.78, 5) is 34.9. The average Bonchev–Trinajstić information content (AvgIpc) is 2.96. The van der Waals surface area contributed by atoms with Crippen LogP contribution in [-0.4, -0.2) is 48.4 Å². The molecule has 41 heavy (non-hydrogen) atoms. The predicted octanol–water partition coefficient (Wildman–Crippen LogP) is 6.77. The van der Waals surface area contributed by atoms with E-state index in [1.165, 1.54) is 11.1 Å². The molecule has 0 amide bonds. The lowest BCUT2D eigenvalue weighted by Gasteiger charge is -2.32. The summed E-state index contributed by atoms with van der Waals surface area (Å²) in [6.07, 6.45) is 6.63. The molecular formula is C35H35N3O3. The molecule has 0 fully saturated rings. The van der Waals surface area contributed by atoms with Gasteiger partial charge in [-0.15, -0.1) is 0 Å². The maximum absolute atomic E-state index is 13.9. The van der Waals surface area contributed by atoms with Gasteiger partial charge >= 0.3 is 0 Å². The lowest BCUT2D eigenvalue weighted by Crippen LogP contribution is -2.32. The Morgan fingerprint density at radius 1 is 0.927 bits per heavy atom. The van der Waals surface area contributed by atoms with Gasteiger partial charge in [-0.2, -0.15) is 0 Å². The third-order valence-corrected chi connectivity index (χ3v) is 7.88. The van der Waals surface area contributed by atoms with Crippen LogP contribution in [0.2, 0.25) is 0 Å². The molecule has 0 saturated carbocycles. The summed E-state index contributed by atoms with van der Waals surface area (Å²) in [5.74, 6) is 0.148.